The number of likely N-dealkylation sites (tertiary alicyclic amines) is 1. The normalized spacial score (nSPS) is 14.3. The minimum absolute atomic E-state index is 0.0134. The zero-order valence-corrected chi connectivity index (χ0v) is 15.7. The number of hydrogen-bond acceptors (Lipinski definition) is 3. The van der Waals surface area contributed by atoms with E-state index >= 15 is 0 Å². The lowest BCUT2D eigenvalue weighted by molar-refractivity contribution is -0.274. The van der Waals surface area contributed by atoms with Crippen LogP contribution in [-0.2, 0) is 0 Å². The topological polar surface area (TPSA) is 38.8 Å². The Balaban J connectivity index is 1.80. The number of benzene rings is 2. The fraction of sp³-hybridized carbons (Fsp3) is 0.278. The van der Waals surface area contributed by atoms with Crippen molar-refractivity contribution >= 4 is 29.1 Å². The van der Waals surface area contributed by atoms with Gasteiger partial charge in [-0.25, -0.2) is 4.39 Å². The first-order valence-corrected chi connectivity index (χ1v) is 8.91. The Kier molecular flexibility index (Phi) is 5.90. The summed E-state index contributed by atoms with van der Waals surface area (Å²) in [4.78, 5) is 13.9. The summed E-state index contributed by atoms with van der Waals surface area (Å²) < 4.78 is 60.4. The molecule has 0 spiro atoms. The lowest BCUT2D eigenvalue weighted by Crippen LogP contribution is -2.28. The van der Waals surface area contributed by atoms with Gasteiger partial charge < -0.3 is 14.4 Å². The van der Waals surface area contributed by atoms with Crippen LogP contribution in [0.4, 0.5) is 17.6 Å². The molecule has 10 heteroatoms. The van der Waals surface area contributed by atoms with Gasteiger partial charge in [0.05, 0.1) is 15.6 Å². The molecule has 4 nitrogen and oxygen atoms in total. The third-order valence-corrected chi connectivity index (χ3v) is 4.59. The van der Waals surface area contributed by atoms with Gasteiger partial charge >= 0.3 is 6.36 Å². The summed E-state index contributed by atoms with van der Waals surface area (Å²) in [7, 11) is 0. The number of alkyl halides is 3. The average molecular weight is 438 g/mol. The van der Waals surface area contributed by atoms with E-state index in [1.54, 1.807) is 0 Å². The third-order valence-electron chi connectivity index (χ3n) is 4.00. The van der Waals surface area contributed by atoms with E-state index in [0.717, 1.165) is 43.2 Å². The van der Waals surface area contributed by atoms with E-state index in [0.29, 0.717) is 13.1 Å². The van der Waals surface area contributed by atoms with Crippen LogP contribution in [0.1, 0.15) is 23.2 Å². The molecule has 3 rings (SSSR count). The van der Waals surface area contributed by atoms with Gasteiger partial charge in [0.25, 0.3) is 5.91 Å². The standard InChI is InChI=1S/C18H13Cl2F4NO3/c19-12-7-10(3-4-15(12)28-18(22,23)24)27-16-9-14(21)11(8-13(16)20)17(26)25-5-1-2-6-25/h3-4,7-9H,1-2,5-6H2. The van der Waals surface area contributed by atoms with Crippen LogP contribution < -0.4 is 9.47 Å². The zero-order valence-electron chi connectivity index (χ0n) is 14.2. The van der Waals surface area contributed by atoms with Crippen LogP contribution in [0.2, 0.25) is 10.0 Å². The smallest absolute Gasteiger partial charge is 0.456 e. The van der Waals surface area contributed by atoms with Crippen molar-refractivity contribution in [3.8, 4) is 17.2 Å². The molecule has 1 amide bonds. The molecule has 0 aromatic heterocycles. The highest BCUT2D eigenvalue weighted by atomic mass is 35.5. The molecule has 0 atom stereocenters. The first kappa shape index (κ1) is 20.5. The summed E-state index contributed by atoms with van der Waals surface area (Å²) in [5.41, 5.74) is -0.175. The maximum absolute atomic E-state index is 14.4. The molecule has 0 aliphatic carbocycles. The summed E-state index contributed by atoms with van der Waals surface area (Å²) in [6.45, 7) is 1.11. The largest absolute Gasteiger partial charge is 0.573 e. The van der Waals surface area contributed by atoms with E-state index < -0.39 is 23.8 Å². The van der Waals surface area contributed by atoms with Crippen molar-refractivity contribution < 1.29 is 31.8 Å². The lowest BCUT2D eigenvalue weighted by atomic mass is 10.1. The maximum atomic E-state index is 14.4. The fourth-order valence-electron chi connectivity index (χ4n) is 2.74. The number of nitrogens with zero attached hydrogens (tertiary/aromatic N) is 1. The van der Waals surface area contributed by atoms with Crippen molar-refractivity contribution in [1.29, 1.82) is 0 Å². The van der Waals surface area contributed by atoms with Crippen LogP contribution in [0.25, 0.3) is 0 Å². The van der Waals surface area contributed by atoms with E-state index in [2.05, 4.69) is 4.74 Å². The Morgan fingerprint density at radius 2 is 1.64 bits per heavy atom. The van der Waals surface area contributed by atoms with Gasteiger partial charge in [-0.3, -0.25) is 4.79 Å². The molecule has 2 aromatic carbocycles. The van der Waals surface area contributed by atoms with E-state index in [1.807, 2.05) is 0 Å². The van der Waals surface area contributed by atoms with Crippen LogP contribution >= 0.6 is 23.2 Å². The molecule has 0 unspecified atom stereocenters. The quantitative estimate of drug-likeness (QED) is 0.545. The van der Waals surface area contributed by atoms with Gasteiger partial charge in [0.2, 0.25) is 0 Å². The number of halogens is 6. The zero-order chi connectivity index (χ0) is 20.5. The summed E-state index contributed by atoms with van der Waals surface area (Å²) in [5, 5.41) is -0.386. The van der Waals surface area contributed by atoms with Gasteiger partial charge in [-0.1, -0.05) is 23.2 Å². The van der Waals surface area contributed by atoms with Gasteiger partial charge in [0.15, 0.2) is 0 Å². The molecule has 2 aromatic rings. The summed E-state index contributed by atoms with van der Waals surface area (Å²) >= 11 is 11.8. The van der Waals surface area contributed by atoms with Crippen LogP contribution in [0.15, 0.2) is 30.3 Å². The number of hydrogen-bond donors (Lipinski definition) is 0. The number of rotatable bonds is 4. The van der Waals surface area contributed by atoms with Crippen LogP contribution in [0.5, 0.6) is 17.2 Å². The maximum Gasteiger partial charge on any atom is 0.573 e. The van der Waals surface area contributed by atoms with Gasteiger partial charge in [0, 0.05) is 25.2 Å². The van der Waals surface area contributed by atoms with Crippen molar-refractivity contribution in [3.63, 3.8) is 0 Å². The molecule has 1 aliphatic rings. The molecule has 1 fully saturated rings. The minimum atomic E-state index is -4.89. The van der Waals surface area contributed by atoms with E-state index in [9.17, 15) is 22.4 Å². The Labute approximate surface area is 167 Å². The second-order valence-corrected chi connectivity index (χ2v) is 6.82. The molecular weight excluding hydrogens is 425 g/mol. The Bertz CT molecular complexity index is 899. The Morgan fingerprint density at radius 3 is 2.25 bits per heavy atom. The van der Waals surface area contributed by atoms with E-state index in [-0.39, 0.29) is 27.1 Å². The van der Waals surface area contributed by atoms with Gasteiger partial charge in [-0.2, -0.15) is 0 Å². The second-order valence-electron chi connectivity index (χ2n) is 6.00. The van der Waals surface area contributed by atoms with Crippen molar-refractivity contribution in [1.82, 2.24) is 4.90 Å². The number of carbonyl (C=O) groups excluding carboxylic acids is 1. The highest BCUT2D eigenvalue weighted by molar-refractivity contribution is 6.32. The molecule has 1 heterocycles. The molecule has 150 valence electrons. The predicted octanol–water partition coefficient (Wildman–Crippen LogP) is 6.06. The van der Waals surface area contributed by atoms with Gasteiger partial charge in [-0.05, 0) is 31.0 Å². The third kappa shape index (κ3) is 4.80. The average Bonchev–Trinajstić information content (AvgIpc) is 3.13. The molecule has 0 bridgehead atoms. The highest BCUT2D eigenvalue weighted by Crippen LogP contribution is 2.37. The first-order chi connectivity index (χ1) is 13.1. The number of carbonyl (C=O) groups is 1. The lowest BCUT2D eigenvalue weighted by Gasteiger charge is -2.17. The molecule has 28 heavy (non-hydrogen) atoms. The molecule has 0 radical (unpaired) electrons. The molecule has 0 saturated carbocycles. The molecular formula is C18H13Cl2F4NO3. The fourth-order valence-corrected chi connectivity index (χ4v) is 3.15. The SMILES string of the molecule is O=C(c1cc(Cl)c(Oc2ccc(OC(F)(F)F)c(Cl)c2)cc1F)N1CCCC1. The monoisotopic (exact) mass is 437 g/mol. The number of amides is 1. The predicted molar refractivity (Wildman–Crippen MR) is 94.8 cm³/mol. The summed E-state index contributed by atoms with van der Waals surface area (Å²) in [6.07, 6.45) is -3.18. The van der Waals surface area contributed by atoms with Crippen LogP contribution in [0.3, 0.4) is 0 Å². The summed E-state index contributed by atoms with van der Waals surface area (Å²) in [6, 6.07) is 5.29. The number of ether oxygens (including phenoxy) is 2. The first-order valence-electron chi connectivity index (χ1n) is 8.15. The van der Waals surface area contributed by atoms with Crippen molar-refractivity contribution in [2.75, 3.05) is 13.1 Å². The van der Waals surface area contributed by atoms with E-state index in [4.69, 9.17) is 27.9 Å². The second kappa shape index (κ2) is 8.05. The van der Waals surface area contributed by atoms with Gasteiger partial charge in [-0.15, -0.1) is 13.2 Å². The van der Waals surface area contributed by atoms with Crippen molar-refractivity contribution in [2.45, 2.75) is 19.2 Å². The van der Waals surface area contributed by atoms with Gasteiger partial charge in [0.1, 0.15) is 23.1 Å². The van der Waals surface area contributed by atoms with Crippen molar-refractivity contribution in [2.24, 2.45) is 0 Å². The Morgan fingerprint density at radius 1 is 1.00 bits per heavy atom. The highest BCUT2D eigenvalue weighted by Gasteiger charge is 2.32. The molecule has 1 aliphatic heterocycles. The van der Waals surface area contributed by atoms with Crippen molar-refractivity contribution in [3.05, 3.63) is 51.8 Å². The minimum Gasteiger partial charge on any atom is -0.456 e. The van der Waals surface area contributed by atoms with Crippen LogP contribution in [-0.4, -0.2) is 30.3 Å². The molecule has 1 saturated heterocycles. The van der Waals surface area contributed by atoms with Crippen LogP contribution in [0, 0.1) is 5.82 Å². The summed E-state index contributed by atoms with van der Waals surface area (Å²) in [5.74, 6) is -1.98. The Hall–Kier alpha value is -2.19. The van der Waals surface area contributed by atoms with E-state index in [1.165, 1.54) is 4.90 Å². The molecule has 0 N–H and O–H groups in total.